The van der Waals surface area contributed by atoms with Crippen molar-refractivity contribution in [2.24, 2.45) is 11.1 Å². The van der Waals surface area contributed by atoms with Crippen LogP contribution in [0.3, 0.4) is 0 Å². The predicted molar refractivity (Wildman–Crippen MR) is 104 cm³/mol. The van der Waals surface area contributed by atoms with Gasteiger partial charge in [-0.05, 0) is 48.7 Å². The molecule has 2 aliphatic rings. The Kier molecular flexibility index (Phi) is 5.28. The summed E-state index contributed by atoms with van der Waals surface area (Å²) in [7, 11) is 1.63. The molecule has 6 heteroatoms. The summed E-state index contributed by atoms with van der Waals surface area (Å²) in [5.74, 6) is 0.629. The summed E-state index contributed by atoms with van der Waals surface area (Å²) in [4.78, 5) is 20.0. The molecule has 1 fully saturated rings. The number of benzene rings is 2. The number of oxime groups is 1. The number of carbonyl (C=O) groups excluding carboxylic acids is 1. The summed E-state index contributed by atoms with van der Waals surface area (Å²) in [6.45, 7) is 0.645. The molecular formula is C22H23FN2O3. The Balaban J connectivity index is 1.42. The molecule has 146 valence electrons. The first-order valence-electron chi connectivity index (χ1n) is 9.53. The van der Waals surface area contributed by atoms with E-state index in [0.29, 0.717) is 18.5 Å². The molecule has 1 amide bonds. The Morgan fingerprint density at radius 1 is 1.21 bits per heavy atom. The molecule has 1 aliphatic heterocycles. The first kappa shape index (κ1) is 18.5. The van der Waals surface area contributed by atoms with Gasteiger partial charge in [-0.2, -0.15) is 0 Å². The van der Waals surface area contributed by atoms with Gasteiger partial charge in [0.15, 0.2) is 6.10 Å². The highest BCUT2D eigenvalue weighted by Gasteiger charge is 2.36. The zero-order valence-electron chi connectivity index (χ0n) is 15.8. The van der Waals surface area contributed by atoms with E-state index < -0.39 is 0 Å². The number of rotatable bonds is 7. The zero-order valence-corrected chi connectivity index (χ0v) is 15.8. The number of halogens is 1. The van der Waals surface area contributed by atoms with Crippen LogP contribution in [0.2, 0.25) is 0 Å². The SMILES string of the molecule is COc1ccc(C2=NO[C@@H](CN(Cc3ccccc3F)C(=O)C3CC3)C2)cc1. The maximum atomic E-state index is 14.1. The van der Waals surface area contributed by atoms with Gasteiger partial charge in [-0.15, -0.1) is 0 Å². The summed E-state index contributed by atoms with van der Waals surface area (Å²) in [6, 6.07) is 14.2. The second-order valence-electron chi connectivity index (χ2n) is 7.28. The van der Waals surface area contributed by atoms with Crippen LogP contribution in [0.1, 0.15) is 30.4 Å². The molecule has 0 unspecified atom stereocenters. The van der Waals surface area contributed by atoms with Gasteiger partial charge in [0.25, 0.3) is 0 Å². The average molecular weight is 382 g/mol. The van der Waals surface area contributed by atoms with Crippen molar-refractivity contribution >= 4 is 11.6 Å². The molecule has 1 saturated carbocycles. The highest BCUT2D eigenvalue weighted by Crippen LogP contribution is 2.32. The largest absolute Gasteiger partial charge is 0.497 e. The fourth-order valence-corrected chi connectivity index (χ4v) is 3.38. The van der Waals surface area contributed by atoms with Crippen LogP contribution in [0.15, 0.2) is 53.7 Å². The van der Waals surface area contributed by atoms with Crippen molar-refractivity contribution in [2.75, 3.05) is 13.7 Å². The number of nitrogens with zero attached hydrogens (tertiary/aromatic N) is 2. The average Bonchev–Trinajstić information content (AvgIpc) is 3.47. The van der Waals surface area contributed by atoms with Crippen molar-refractivity contribution < 1.29 is 18.8 Å². The minimum absolute atomic E-state index is 0.0650. The fourth-order valence-electron chi connectivity index (χ4n) is 3.38. The van der Waals surface area contributed by atoms with E-state index in [1.807, 2.05) is 24.3 Å². The van der Waals surface area contributed by atoms with Crippen molar-refractivity contribution in [3.63, 3.8) is 0 Å². The highest BCUT2D eigenvalue weighted by atomic mass is 19.1. The molecule has 2 aromatic carbocycles. The van der Waals surface area contributed by atoms with Gasteiger partial charge < -0.3 is 14.5 Å². The number of ether oxygens (including phenoxy) is 1. The van der Waals surface area contributed by atoms with Gasteiger partial charge in [-0.1, -0.05) is 23.4 Å². The Morgan fingerprint density at radius 2 is 1.96 bits per heavy atom. The molecule has 1 heterocycles. The van der Waals surface area contributed by atoms with Crippen molar-refractivity contribution in [3.05, 3.63) is 65.5 Å². The first-order valence-corrected chi connectivity index (χ1v) is 9.53. The normalized spacial score (nSPS) is 18.4. The standard InChI is InChI=1S/C22H23FN2O3/c1-27-18-10-8-15(9-11-18)21-12-19(28-24-21)14-25(22(26)16-6-7-16)13-17-4-2-3-5-20(17)23/h2-5,8-11,16,19H,6-7,12-14H2,1H3/t19-/m1/s1. The molecule has 0 aromatic heterocycles. The number of amides is 1. The molecule has 4 rings (SSSR count). The fraction of sp³-hybridized carbons (Fsp3) is 0.364. The van der Waals surface area contributed by atoms with Crippen molar-refractivity contribution in [2.45, 2.75) is 31.9 Å². The van der Waals surface area contributed by atoms with E-state index in [1.54, 1.807) is 30.2 Å². The quantitative estimate of drug-likeness (QED) is 0.733. The number of methoxy groups -OCH3 is 1. The lowest BCUT2D eigenvalue weighted by atomic mass is 10.0. The Morgan fingerprint density at radius 3 is 2.64 bits per heavy atom. The van der Waals surface area contributed by atoms with Crippen molar-refractivity contribution in [1.29, 1.82) is 0 Å². The minimum atomic E-state index is -0.293. The number of carbonyl (C=O) groups is 1. The van der Waals surface area contributed by atoms with Gasteiger partial charge in [0.05, 0.1) is 19.4 Å². The van der Waals surface area contributed by atoms with Crippen LogP contribution in [0.5, 0.6) is 5.75 Å². The van der Waals surface area contributed by atoms with Crippen LogP contribution >= 0.6 is 0 Å². The smallest absolute Gasteiger partial charge is 0.226 e. The molecule has 28 heavy (non-hydrogen) atoms. The summed E-state index contributed by atoms with van der Waals surface area (Å²) < 4.78 is 19.3. The maximum Gasteiger partial charge on any atom is 0.226 e. The summed E-state index contributed by atoms with van der Waals surface area (Å²) in [5, 5.41) is 4.20. The van der Waals surface area contributed by atoms with Crippen LogP contribution in [0.25, 0.3) is 0 Å². The molecule has 0 radical (unpaired) electrons. The van der Waals surface area contributed by atoms with Gasteiger partial charge in [-0.3, -0.25) is 4.79 Å². The van der Waals surface area contributed by atoms with E-state index in [2.05, 4.69) is 5.16 Å². The lowest BCUT2D eigenvalue weighted by Crippen LogP contribution is -2.38. The Bertz CT molecular complexity index is 878. The summed E-state index contributed by atoms with van der Waals surface area (Å²) >= 11 is 0. The Labute approximate surface area is 163 Å². The number of hydrogen-bond donors (Lipinski definition) is 0. The molecule has 1 aliphatic carbocycles. The van der Waals surface area contributed by atoms with Gasteiger partial charge >= 0.3 is 0 Å². The van der Waals surface area contributed by atoms with Crippen LogP contribution in [0.4, 0.5) is 4.39 Å². The zero-order chi connectivity index (χ0) is 19.5. The summed E-state index contributed by atoms with van der Waals surface area (Å²) in [5.41, 5.74) is 2.33. The third kappa shape index (κ3) is 4.16. The lowest BCUT2D eigenvalue weighted by molar-refractivity contribution is -0.135. The molecule has 1 atom stereocenters. The third-order valence-electron chi connectivity index (χ3n) is 5.14. The third-order valence-corrected chi connectivity index (χ3v) is 5.14. The Hall–Kier alpha value is -2.89. The second kappa shape index (κ2) is 8.00. The van der Waals surface area contributed by atoms with Gasteiger partial charge in [0, 0.05) is 24.4 Å². The lowest BCUT2D eigenvalue weighted by Gasteiger charge is -2.25. The van der Waals surface area contributed by atoms with Crippen molar-refractivity contribution in [3.8, 4) is 5.75 Å². The van der Waals surface area contributed by atoms with E-state index in [1.165, 1.54) is 6.07 Å². The molecule has 5 nitrogen and oxygen atoms in total. The van der Waals surface area contributed by atoms with E-state index in [-0.39, 0.29) is 30.3 Å². The van der Waals surface area contributed by atoms with E-state index >= 15 is 0 Å². The van der Waals surface area contributed by atoms with Crippen LogP contribution in [-0.2, 0) is 16.2 Å². The van der Waals surface area contributed by atoms with Crippen LogP contribution in [0, 0.1) is 11.7 Å². The van der Waals surface area contributed by atoms with E-state index in [0.717, 1.165) is 29.9 Å². The topological polar surface area (TPSA) is 51.1 Å². The molecule has 0 saturated heterocycles. The van der Waals surface area contributed by atoms with Crippen molar-refractivity contribution in [1.82, 2.24) is 4.90 Å². The van der Waals surface area contributed by atoms with Crippen LogP contribution < -0.4 is 4.74 Å². The van der Waals surface area contributed by atoms with Crippen LogP contribution in [-0.4, -0.2) is 36.3 Å². The highest BCUT2D eigenvalue weighted by molar-refractivity contribution is 6.01. The van der Waals surface area contributed by atoms with Gasteiger partial charge in [0.2, 0.25) is 5.91 Å². The van der Waals surface area contributed by atoms with E-state index in [4.69, 9.17) is 9.57 Å². The molecule has 0 bridgehead atoms. The molecule has 0 N–H and O–H groups in total. The number of hydrogen-bond acceptors (Lipinski definition) is 4. The first-order chi connectivity index (χ1) is 13.6. The molecule has 0 spiro atoms. The van der Waals surface area contributed by atoms with Gasteiger partial charge in [0.1, 0.15) is 11.6 Å². The second-order valence-corrected chi connectivity index (χ2v) is 7.28. The molecular weight excluding hydrogens is 359 g/mol. The van der Waals surface area contributed by atoms with E-state index in [9.17, 15) is 9.18 Å². The molecule has 2 aromatic rings. The monoisotopic (exact) mass is 382 g/mol. The summed E-state index contributed by atoms with van der Waals surface area (Å²) in [6.07, 6.45) is 2.20. The van der Waals surface area contributed by atoms with Gasteiger partial charge in [-0.25, -0.2) is 4.39 Å². The maximum absolute atomic E-state index is 14.1. The predicted octanol–water partition coefficient (Wildman–Crippen LogP) is 3.77. The minimum Gasteiger partial charge on any atom is -0.497 e.